The molecular formula is C19H26N2O3Se. The molecule has 1 saturated heterocycles. The predicted octanol–water partition coefficient (Wildman–Crippen LogP) is 2.83. The summed E-state index contributed by atoms with van der Waals surface area (Å²) in [6, 6.07) is 4.35. The predicted molar refractivity (Wildman–Crippen MR) is 101 cm³/mol. The Labute approximate surface area is 157 Å². The number of hydrogen-bond donors (Lipinski definition) is 2. The van der Waals surface area contributed by atoms with Crippen molar-refractivity contribution in [2.45, 2.75) is 45.4 Å². The van der Waals surface area contributed by atoms with Gasteiger partial charge in [0.1, 0.15) is 0 Å². The number of carbonyl (C=O) groups excluding carboxylic acids is 1. The molecule has 1 aliphatic heterocycles. The molecule has 0 saturated carbocycles. The molecule has 0 atom stereocenters. The van der Waals surface area contributed by atoms with E-state index >= 15 is 0 Å². The van der Waals surface area contributed by atoms with Gasteiger partial charge in [-0.3, -0.25) is 0 Å². The molecule has 0 unspecified atom stereocenters. The Balaban J connectivity index is 2.03. The maximum absolute atomic E-state index is 12.7. The van der Waals surface area contributed by atoms with Gasteiger partial charge in [0.25, 0.3) is 0 Å². The Morgan fingerprint density at radius 1 is 1.12 bits per heavy atom. The van der Waals surface area contributed by atoms with Gasteiger partial charge in [-0.1, -0.05) is 0 Å². The molecule has 2 rings (SSSR count). The molecule has 25 heavy (non-hydrogen) atoms. The zero-order chi connectivity index (χ0) is 18.4. The van der Waals surface area contributed by atoms with Crippen molar-refractivity contribution in [1.29, 1.82) is 0 Å². The Kier molecular flexibility index (Phi) is 7.09. The molecule has 1 aromatic carbocycles. The maximum atomic E-state index is 12.7. The fourth-order valence-electron chi connectivity index (χ4n) is 2.86. The van der Waals surface area contributed by atoms with Gasteiger partial charge >= 0.3 is 157 Å². The van der Waals surface area contributed by atoms with Gasteiger partial charge in [-0.15, -0.1) is 0 Å². The summed E-state index contributed by atoms with van der Waals surface area (Å²) in [6.07, 6.45) is 8.71. The third-order valence-electron chi connectivity index (χ3n) is 4.38. The molecule has 136 valence electrons. The van der Waals surface area contributed by atoms with Crippen molar-refractivity contribution in [1.82, 2.24) is 9.80 Å². The summed E-state index contributed by atoms with van der Waals surface area (Å²) in [6.45, 7) is 2.89. The molecule has 0 aliphatic carbocycles. The van der Waals surface area contributed by atoms with Gasteiger partial charge in [0.05, 0.1) is 0 Å². The summed E-state index contributed by atoms with van der Waals surface area (Å²) in [5, 5.41) is 19.3. The van der Waals surface area contributed by atoms with E-state index in [4.69, 9.17) is 0 Å². The summed E-state index contributed by atoms with van der Waals surface area (Å²) in [5.41, 5.74) is 1.00. The quantitative estimate of drug-likeness (QED) is 0.394. The van der Waals surface area contributed by atoms with Crippen LogP contribution in [0, 0.1) is 0 Å². The number of phenols is 2. The van der Waals surface area contributed by atoms with Crippen molar-refractivity contribution in [3.05, 3.63) is 29.5 Å². The number of amides is 1. The van der Waals surface area contributed by atoms with Crippen molar-refractivity contribution in [2.24, 2.45) is 0 Å². The fraction of sp³-hybridized carbons (Fsp3) is 0.474. The van der Waals surface area contributed by atoms with Crippen LogP contribution in [0.5, 0.6) is 11.5 Å². The third-order valence-corrected chi connectivity index (χ3v) is 5.42. The normalized spacial score (nSPS) is 16.3. The molecule has 2 N–H and O–H groups in total. The zero-order valence-corrected chi connectivity index (χ0v) is 16.6. The number of nitrogens with zero attached hydrogens (tertiary/aromatic N) is 2. The van der Waals surface area contributed by atoms with Gasteiger partial charge < -0.3 is 0 Å². The SMILES string of the molecule is CCCCCCCCN1C(=O)C(=Cc2ccc(O)cc2O)N(C)C1=[Se]. The molecule has 0 spiro atoms. The first-order valence-corrected chi connectivity index (χ1v) is 9.64. The standard InChI is InChI=1S/C19H26N2O3Se/c1-3-4-5-6-7-8-11-21-18(24)16(20(2)19(21)25)12-14-9-10-15(22)13-17(14)23/h9-10,12-13,22-23H,3-8,11H2,1-2H3. The average molecular weight is 409 g/mol. The Morgan fingerprint density at radius 2 is 1.80 bits per heavy atom. The zero-order valence-electron chi connectivity index (χ0n) is 14.9. The van der Waals surface area contributed by atoms with Gasteiger partial charge in [-0.2, -0.15) is 0 Å². The van der Waals surface area contributed by atoms with Crippen LogP contribution in [0.4, 0.5) is 0 Å². The summed E-state index contributed by atoms with van der Waals surface area (Å²) >= 11 is 2.97. The van der Waals surface area contributed by atoms with Gasteiger partial charge in [-0.25, -0.2) is 0 Å². The van der Waals surface area contributed by atoms with Crippen LogP contribution in [0.25, 0.3) is 6.08 Å². The summed E-state index contributed by atoms with van der Waals surface area (Å²) in [4.78, 5) is 16.3. The molecule has 1 aliphatic rings. The van der Waals surface area contributed by atoms with Crippen molar-refractivity contribution in [3.63, 3.8) is 0 Å². The van der Waals surface area contributed by atoms with Crippen molar-refractivity contribution < 1.29 is 15.0 Å². The van der Waals surface area contributed by atoms with Crippen LogP contribution in [-0.2, 0) is 4.79 Å². The molecule has 0 aromatic heterocycles. The van der Waals surface area contributed by atoms with Crippen LogP contribution < -0.4 is 0 Å². The number of rotatable bonds is 8. The van der Waals surface area contributed by atoms with E-state index in [0.29, 0.717) is 17.8 Å². The molecule has 1 amide bonds. The van der Waals surface area contributed by atoms with E-state index in [2.05, 4.69) is 22.5 Å². The third kappa shape index (κ3) is 4.86. The molecule has 6 heteroatoms. The van der Waals surface area contributed by atoms with Crippen molar-refractivity contribution >= 4 is 32.2 Å². The number of likely N-dealkylation sites (N-methyl/N-ethyl adjacent to an activating group) is 1. The molecule has 1 fully saturated rings. The Morgan fingerprint density at radius 3 is 2.48 bits per heavy atom. The topological polar surface area (TPSA) is 64.0 Å². The second-order valence-electron chi connectivity index (χ2n) is 6.34. The molecule has 0 radical (unpaired) electrons. The molecule has 5 nitrogen and oxygen atoms in total. The number of phenolic OH excluding ortho intramolecular Hbond substituents is 2. The monoisotopic (exact) mass is 410 g/mol. The fourth-order valence-corrected chi connectivity index (χ4v) is 3.43. The molecule has 0 bridgehead atoms. The van der Waals surface area contributed by atoms with Crippen LogP contribution in [0.1, 0.15) is 51.0 Å². The van der Waals surface area contributed by atoms with E-state index in [0.717, 1.165) is 17.5 Å². The average Bonchev–Trinajstić information content (AvgIpc) is 2.77. The van der Waals surface area contributed by atoms with Gasteiger partial charge in [-0.05, 0) is 0 Å². The first-order valence-electron chi connectivity index (χ1n) is 8.79. The Bertz CT molecular complexity index is 673. The van der Waals surface area contributed by atoms with Crippen LogP contribution in [0.15, 0.2) is 23.9 Å². The van der Waals surface area contributed by atoms with Gasteiger partial charge in [0.2, 0.25) is 0 Å². The van der Waals surface area contributed by atoms with Crippen LogP contribution in [0.3, 0.4) is 0 Å². The van der Waals surface area contributed by atoms with E-state index in [-0.39, 0.29) is 17.4 Å². The molecule has 1 heterocycles. The van der Waals surface area contributed by atoms with E-state index in [1.165, 1.54) is 37.8 Å². The Hall–Kier alpha value is -1.78. The van der Waals surface area contributed by atoms with Crippen LogP contribution in [0.2, 0.25) is 0 Å². The molecular weight excluding hydrogens is 383 g/mol. The molecule has 1 aromatic rings. The first-order chi connectivity index (χ1) is 12.0. The van der Waals surface area contributed by atoms with Gasteiger partial charge in [0, 0.05) is 0 Å². The number of unbranched alkanes of at least 4 members (excludes halogenated alkanes) is 5. The number of hydrogen-bond acceptors (Lipinski definition) is 4. The van der Waals surface area contributed by atoms with Crippen molar-refractivity contribution in [3.8, 4) is 11.5 Å². The second-order valence-corrected chi connectivity index (χ2v) is 7.10. The van der Waals surface area contributed by atoms with E-state index in [1.807, 2.05) is 7.05 Å². The number of aromatic hydroxyl groups is 2. The second kappa shape index (κ2) is 9.07. The van der Waals surface area contributed by atoms with Crippen molar-refractivity contribution in [2.75, 3.05) is 13.6 Å². The summed E-state index contributed by atoms with van der Waals surface area (Å²) < 4.78 is 0.781. The number of carbonyl (C=O) groups is 1. The summed E-state index contributed by atoms with van der Waals surface area (Å²) in [7, 11) is 1.83. The number of benzene rings is 1. The van der Waals surface area contributed by atoms with Crippen LogP contribution >= 0.6 is 0 Å². The van der Waals surface area contributed by atoms with E-state index in [9.17, 15) is 15.0 Å². The first kappa shape index (κ1) is 19.5. The minimum absolute atomic E-state index is 0.00784. The van der Waals surface area contributed by atoms with E-state index < -0.39 is 0 Å². The van der Waals surface area contributed by atoms with E-state index in [1.54, 1.807) is 21.9 Å². The summed E-state index contributed by atoms with van der Waals surface area (Å²) in [5.74, 6) is -0.131. The minimum atomic E-state index is -0.0720. The van der Waals surface area contributed by atoms with Crippen LogP contribution in [-0.4, -0.2) is 59.8 Å². The van der Waals surface area contributed by atoms with Gasteiger partial charge in [0.15, 0.2) is 0 Å².